The smallest absolute Gasteiger partial charge is 0.398 e. The first-order valence-electron chi connectivity index (χ1n) is 5.85. The molecule has 0 unspecified atom stereocenters. The van der Waals surface area contributed by atoms with Crippen LogP contribution in [-0.2, 0) is 14.6 Å². The standard InChI is InChI=1S/C12H16F3NO3S/c1-9-3-4-10(16)11(7-9)20(17,18)6-2-5-19-8-12(13,14)15/h3-4,7H,2,5-6,8,16H2,1H3. The summed E-state index contributed by atoms with van der Waals surface area (Å²) in [7, 11) is -3.62. The van der Waals surface area contributed by atoms with E-state index in [9.17, 15) is 21.6 Å². The van der Waals surface area contributed by atoms with Crippen molar-refractivity contribution in [1.82, 2.24) is 0 Å². The van der Waals surface area contributed by atoms with Crippen molar-refractivity contribution in [1.29, 1.82) is 0 Å². The van der Waals surface area contributed by atoms with Crippen molar-refractivity contribution in [3.8, 4) is 0 Å². The molecule has 0 aliphatic carbocycles. The summed E-state index contributed by atoms with van der Waals surface area (Å²) >= 11 is 0. The van der Waals surface area contributed by atoms with Crippen molar-refractivity contribution >= 4 is 15.5 Å². The van der Waals surface area contributed by atoms with Crippen LogP contribution in [0.15, 0.2) is 23.1 Å². The van der Waals surface area contributed by atoms with Crippen LogP contribution in [0.25, 0.3) is 0 Å². The van der Waals surface area contributed by atoms with E-state index < -0.39 is 22.6 Å². The number of aryl methyl sites for hydroxylation is 1. The largest absolute Gasteiger partial charge is 0.411 e. The van der Waals surface area contributed by atoms with Gasteiger partial charge in [0.25, 0.3) is 0 Å². The molecular formula is C12H16F3NO3S. The SMILES string of the molecule is Cc1ccc(N)c(S(=O)(=O)CCCOCC(F)(F)F)c1. The second-order valence-electron chi connectivity index (χ2n) is 4.38. The summed E-state index contributed by atoms with van der Waals surface area (Å²) in [5.41, 5.74) is 6.48. The summed E-state index contributed by atoms with van der Waals surface area (Å²) in [5, 5.41) is 0. The molecule has 0 aliphatic heterocycles. The van der Waals surface area contributed by atoms with Crippen LogP contribution >= 0.6 is 0 Å². The van der Waals surface area contributed by atoms with E-state index in [1.807, 2.05) is 0 Å². The maximum Gasteiger partial charge on any atom is 0.411 e. The molecule has 114 valence electrons. The highest BCUT2D eigenvalue weighted by Gasteiger charge is 2.27. The summed E-state index contributed by atoms with van der Waals surface area (Å²) < 4.78 is 63.8. The Balaban J connectivity index is 2.56. The van der Waals surface area contributed by atoms with Gasteiger partial charge in [-0.15, -0.1) is 0 Å². The minimum atomic E-state index is -4.40. The first kappa shape index (κ1) is 16.8. The molecule has 0 aliphatic rings. The average Bonchev–Trinajstić information content (AvgIpc) is 2.30. The number of halogens is 3. The van der Waals surface area contributed by atoms with Crippen molar-refractivity contribution < 1.29 is 26.3 Å². The van der Waals surface area contributed by atoms with Crippen LogP contribution in [0.5, 0.6) is 0 Å². The molecule has 2 N–H and O–H groups in total. The van der Waals surface area contributed by atoms with Crippen LogP contribution in [0.3, 0.4) is 0 Å². The minimum absolute atomic E-state index is 0.00770. The number of hydrogen-bond donors (Lipinski definition) is 1. The Morgan fingerprint density at radius 1 is 1.30 bits per heavy atom. The topological polar surface area (TPSA) is 69.4 Å². The van der Waals surface area contributed by atoms with Gasteiger partial charge in [0.2, 0.25) is 0 Å². The van der Waals surface area contributed by atoms with Crippen LogP contribution in [0, 0.1) is 6.92 Å². The molecule has 1 aromatic carbocycles. The molecule has 1 aromatic rings. The van der Waals surface area contributed by atoms with Crippen LogP contribution in [-0.4, -0.2) is 33.6 Å². The summed E-state index contributed by atoms with van der Waals surface area (Å²) in [6, 6.07) is 4.62. The Morgan fingerprint density at radius 2 is 1.95 bits per heavy atom. The number of rotatable bonds is 6. The number of ether oxygens (including phenoxy) is 1. The second kappa shape index (κ2) is 6.45. The Labute approximate surface area is 115 Å². The van der Waals surface area contributed by atoms with E-state index in [-0.39, 0.29) is 29.4 Å². The molecule has 0 spiro atoms. The normalized spacial score (nSPS) is 12.6. The Kier molecular flexibility index (Phi) is 5.41. The molecular weight excluding hydrogens is 295 g/mol. The Hall–Kier alpha value is -1.28. The zero-order chi connectivity index (χ0) is 15.4. The Morgan fingerprint density at radius 3 is 2.55 bits per heavy atom. The predicted molar refractivity (Wildman–Crippen MR) is 69.1 cm³/mol. The van der Waals surface area contributed by atoms with E-state index in [1.165, 1.54) is 12.1 Å². The molecule has 0 heterocycles. The molecule has 0 saturated heterocycles. The van der Waals surface area contributed by atoms with Gasteiger partial charge < -0.3 is 10.5 Å². The van der Waals surface area contributed by atoms with E-state index >= 15 is 0 Å². The lowest BCUT2D eigenvalue weighted by Gasteiger charge is -2.09. The van der Waals surface area contributed by atoms with E-state index in [4.69, 9.17) is 5.73 Å². The number of benzene rings is 1. The van der Waals surface area contributed by atoms with Gasteiger partial charge in [-0.3, -0.25) is 0 Å². The predicted octanol–water partition coefficient (Wildman–Crippen LogP) is 2.32. The minimum Gasteiger partial charge on any atom is -0.398 e. The van der Waals surface area contributed by atoms with Crippen molar-refractivity contribution in [3.05, 3.63) is 23.8 Å². The molecule has 0 radical (unpaired) electrons. The summed E-state index contributed by atoms with van der Waals surface area (Å²) in [6.45, 7) is 0.0784. The molecule has 4 nitrogen and oxygen atoms in total. The number of sulfone groups is 1. The monoisotopic (exact) mass is 311 g/mol. The first-order chi connectivity index (χ1) is 9.12. The number of hydrogen-bond acceptors (Lipinski definition) is 4. The molecule has 0 bridgehead atoms. The van der Waals surface area contributed by atoms with Gasteiger partial charge in [-0.1, -0.05) is 6.07 Å². The van der Waals surface area contributed by atoms with E-state index in [1.54, 1.807) is 13.0 Å². The van der Waals surface area contributed by atoms with Crippen molar-refractivity contribution in [2.75, 3.05) is 24.7 Å². The van der Waals surface area contributed by atoms with Gasteiger partial charge >= 0.3 is 6.18 Å². The Bertz CT molecular complexity index is 556. The molecule has 0 saturated carbocycles. The number of nitrogen functional groups attached to an aromatic ring is 1. The number of anilines is 1. The molecule has 20 heavy (non-hydrogen) atoms. The van der Waals surface area contributed by atoms with Gasteiger partial charge in [0, 0.05) is 6.61 Å². The van der Waals surface area contributed by atoms with Gasteiger partial charge in [0.1, 0.15) is 6.61 Å². The fraction of sp³-hybridized carbons (Fsp3) is 0.500. The molecule has 0 amide bonds. The first-order valence-corrected chi connectivity index (χ1v) is 7.50. The van der Waals surface area contributed by atoms with Crippen molar-refractivity contribution in [3.63, 3.8) is 0 Å². The fourth-order valence-corrected chi connectivity index (χ4v) is 3.07. The van der Waals surface area contributed by atoms with Crippen molar-refractivity contribution in [2.24, 2.45) is 0 Å². The van der Waals surface area contributed by atoms with Gasteiger partial charge in [-0.05, 0) is 31.0 Å². The van der Waals surface area contributed by atoms with Gasteiger partial charge in [-0.2, -0.15) is 13.2 Å². The van der Waals surface area contributed by atoms with Crippen LogP contribution in [0.2, 0.25) is 0 Å². The third-order valence-electron chi connectivity index (χ3n) is 2.47. The quantitative estimate of drug-likeness (QED) is 0.646. The molecule has 0 aromatic heterocycles. The van der Waals surface area contributed by atoms with E-state index in [0.29, 0.717) is 0 Å². The van der Waals surface area contributed by atoms with Gasteiger partial charge in [0.15, 0.2) is 9.84 Å². The van der Waals surface area contributed by atoms with Crippen molar-refractivity contribution in [2.45, 2.75) is 24.4 Å². The summed E-state index contributed by atoms with van der Waals surface area (Å²) in [6.07, 6.45) is -4.42. The van der Waals surface area contributed by atoms with Crippen LogP contribution < -0.4 is 5.73 Å². The lowest BCUT2D eigenvalue weighted by Crippen LogP contribution is -2.18. The maximum absolute atomic E-state index is 12.0. The van der Waals surface area contributed by atoms with Crippen LogP contribution in [0.1, 0.15) is 12.0 Å². The molecule has 8 heteroatoms. The molecule has 0 atom stereocenters. The summed E-state index contributed by atoms with van der Waals surface area (Å²) in [5.74, 6) is -0.307. The molecule has 0 fully saturated rings. The fourth-order valence-electron chi connectivity index (χ4n) is 1.56. The van der Waals surface area contributed by atoms with Crippen LogP contribution in [0.4, 0.5) is 18.9 Å². The highest BCUT2D eigenvalue weighted by molar-refractivity contribution is 7.91. The zero-order valence-corrected chi connectivity index (χ0v) is 11.7. The van der Waals surface area contributed by atoms with E-state index in [0.717, 1.165) is 5.56 Å². The summed E-state index contributed by atoms with van der Waals surface area (Å²) in [4.78, 5) is 0.00770. The van der Waals surface area contributed by atoms with Gasteiger partial charge in [0.05, 0.1) is 16.3 Å². The lowest BCUT2D eigenvalue weighted by molar-refractivity contribution is -0.173. The highest BCUT2D eigenvalue weighted by Crippen LogP contribution is 2.21. The third kappa shape index (κ3) is 5.38. The van der Waals surface area contributed by atoms with E-state index in [2.05, 4.69) is 4.74 Å². The highest BCUT2D eigenvalue weighted by atomic mass is 32.2. The third-order valence-corrected chi connectivity index (χ3v) is 4.32. The maximum atomic E-state index is 12.0. The number of alkyl halides is 3. The zero-order valence-electron chi connectivity index (χ0n) is 10.9. The number of nitrogens with two attached hydrogens (primary N) is 1. The second-order valence-corrected chi connectivity index (χ2v) is 6.46. The lowest BCUT2D eigenvalue weighted by atomic mass is 10.2. The average molecular weight is 311 g/mol. The molecule has 1 rings (SSSR count). The van der Waals surface area contributed by atoms with Gasteiger partial charge in [-0.25, -0.2) is 8.42 Å².